The fourth-order valence-electron chi connectivity index (χ4n) is 6.59. The van der Waals surface area contributed by atoms with Crippen molar-refractivity contribution in [1.29, 1.82) is 0 Å². The third-order valence-corrected chi connectivity index (χ3v) is 10.1. The minimum absolute atomic E-state index is 0.233. The van der Waals surface area contributed by atoms with Crippen LogP contribution in [-0.4, -0.2) is 9.97 Å². The number of rotatable bonds is 3. The van der Waals surface area contributed by atoms with Crippen molar-refractivity contribution in [1.82, 2.24) is 9.97 Å². The van der Waals surface area contributed by atoms with E-state index in [4.69, 9.17) is 14.4 Å². The average Bonchev–Trinajstić information content (AvgIpc) is 3.66. The van der Waals surface area contributed by atoms with Gasteiger partial charge >= 0.3 is 0 Å². The van der Waals surface area contributed by atoms with Gasteiger partial charge in [0.25, 0.3) is 0 Å². The molecular formula is C42H30N2OS. The molecule has 4 heteroatoms. The second kappa shape index (κ2) is 10.1. The first-order valence-corrected chi connectivity index (χ1v) is 16.5. The molecule has 0 saturated carbocycles. The number of thiophene rings is 1. The summed E-state index contributed by atoms with van der Waals surface area (Å²) in [5.74, 6) is 0.801. The Morgan fingerprint density at radius 3 is 2.04 bits per heavy atom. The number of hydrogen-bond acceptors (Lipinski definition) is 4. The molecule has 0 aliphatic rings. The Hall–Kier alpha value is -5.32. The van der Waals surface area contributed by atoms with Crippen molar-refractivity contribution in [3.05, 3.63) is 133 Å². The number of aromatic nitrogens is 2. The van der Waals surface area contributed by atoms with Gasteiger partial charge in [0.15, 0.2) is 5.58 Å². The summed E-state index contributed by atoms with van der Waals surface area (Å²) in [6.07, 6.45) is 0. The number of nitrogens with zero attached hydrogens (tertiary/aromatic N) is 2. The van der Waals surface area contributed by atoms with Gasteiger partial charge in [-0.2, -0.15) is 0 Å². The van der Waals surface area contributed by atoms with Crippen LogP contribution in [0.1, 0.15) is 26.6 Å². The third-order valence-electron chi connectivity index (χ3n) is 8.92. The number of furan rings is 1. The molecule has 220 valence electrons. The van der Waals surface area contributed by atoms with Crippen molar-refractivity contribution < 1.29 is 4.42 Å². The van der Waals surface area contributed by atoms with E-state index in [0.29, 0.717) is 0 Å². The van der Waals surface area contributed by atoms with E-state index in [1.807, 2.05) is 11.3 Å². The Labute approximate surface area is 270 Å². The fourth-order valence-corrected chi connectivity index (χ4v) is 7.83. The van der Waals surface area contributed by atoms with Crippen LogP contribution in [0.2, 0.25) is 0 Å². The molecule has 3 aromatic heterocycles. The molecule has 0 N–H and O–H groups in total. The van der Waals surface area contributed by atoms with Crippen LogP contribution in [0.4, 0.5) is 0 Å². The van der Waals surface area contributed by atoms with Crippen molar-refractivity contribution in [3.8, 4) is 33.5 Å². The smallest absolute Gasteiger partial charge is 0.180 e. The van der Waals surface area contributed by atoms with E-state index in [1.165, 1.54) is 31.3 Å². The highest BCUT2D eigenvalue weighted by Gasteiger charge is 2.24. The quantitative estimate of drug-likeness (QED) is 0.200. The highest BCUT2D eigenvalue weighted by Crippen LogP contribution is 2.42. The molecule has 0 aliphatic carbocycles. The monoisotopic (exact) mass is 610 g/mol. The molecule has 0 spiro atoms. The van der Waals surface area contributed by atoms with Crippen molar-refractivity contribution in [2.75, 3.05) is 0 Å². The molecule has 9 aromatic rings. The third kappa shape index (κ3) is 4.25. The Morgan fingerprint density at radius 2 is 1.22 bits per heavy atom. The highest BCUT2D eigenvalue weighted by molar-refractivity contribution is 7.26. The molecular weight excluding hydrogens is 581 g/mol. The maximum Gasteiger partial charge on any atom is 0.180 e. The van der Waals surface area contributed by atoms with Crippen molar-refractivity contribution >= 4 is 64.4 Å². The average molecular weight is 611 g/mol. The summed E-state index contributed by atoms with van der Waals surface area (Å²) < 4.78 is 9.33. The predicted molar refractivity (Wildman–Crippen MR) is 195 cm³/mol. The molecule has 0 bridgehead atoms. The van der Waals surface area contributed by atoms with E-state index in [-0.39, 0.29) is 5.41 Å². The Morgan fingerprint density at radius 1 is 0.543 bits per heavy atom. The van der Waals surface area contributed by atoms with Crippen molar-refractivity contribution in [3.63, 3.8) is 0 Å². The van der Waals surface area contributed by atoms with E-state index in [1.54, 1.807) is 0 Å². The normalized spacial score (nSPS) is 12.2. The zero-order valence-electron chi connectivity index (χ0n) is 25.8. The fraction of sp³-hybridized carbons (Fsp3) is 0.0952. The minimum Gasteiger partial charge on any atom is -0.451 e. The van der Waals surface area contributed by atoms with Gasteiger partial charge < -0.3 is 4.42 Å². The van der Waals surface area contributed by atoms with Gasteiger partial charge in [0, 0.05) is 41.9 Å². The van der Waals surface area contributed by atoms with Gasteiger partial charge in [-0.25, -0.2) is 9.97 Å². The van der Waals surface area contributed by atoms with Gasteiger partial charge in [0.1, 0.15) is 22.6 Å². The first-order valence-electron chi connectivity index (χ1n) is 15.7. The Kier molecular flexibility index (Phi) is 5.93. The molecule has 0 atom stereocenters. The summed E-state index contributed by atoms with van der Waals surface area (Å²) in [7, 11) is 0. The highest BCUT2D eigenvalue weighted by atomic mass is 32.1. The van der Waals surface area contributed by atoms with Crippen LogP contribution >= 0.6 is 11.3 Å². The van der Waals surface area contributed by atoms with E-state index in [9.17, 15) is 0 Å². The van der Waals surface area contributed by atoms with Gasteiger partial charge in [0.05, 0.1) is 0 Å². The summed E-state index contributed by atoms with van der Waals surface area (Å²) in [5.41, 5.74) is 8.81. The van der Waals surface area contributed by atoms with Gasteiger partial charge in [-0.15, -0.1) is 11.3 Å². The second-order valence-corrected chi connectivity index (χ2v) is 14.1. The molecule has 0 amide bonds. The van der Waals surface area contributed by atoms with Gasteiger partial charge in [-0.1, -0.05) is 124 Å². The van der Waals surface area contributed by atoms with Crippen LogP contribution in [0.25, 0.3) is 86.5 Å². The topological polar surface area (TPSA) is 38.9 Å². The second-order valence-electron chi connectivity index (χ2n) is 13.0. The van der Waals surface area contributed by atoms with Crippen LogP contribution in [0.3, 0.4) is 0 Å². The van der Waals surface area contributed by atoms with Crippen LogP contribution in [0.5, 0.6) is 0 Å². The lowest BCUT2D eigenvalue weighted by atomic mass is 9.94. The van der Waals surface area contributed by atoms with Crippen LogP contribution in [0, 0.1) is 0 Å². The molecule has 3 nitrogen and oxygen atoms in total. The molecule has 0 radical (unpaired) electrons. The minimum atomic E-state index is -0.233. The number of benzene rings is 6. The van der Waals surface area contributed by atoms with Gasteiger partial charge in [0.2, 0.25) is 0 Å². The van der Waals surface area contributed by atoms with Crippen molar-refractivity contribution in [2.24, 2.45) is 0 Å². The van der Waals surface area contributed by atoms with Crippen LogP contribution in [-0.2, 0) is 5.41 Å². The maximum atomic E-state index is 6.68. The van der Waals surface area contributed by atoms with E-state index < -0.39 is 0 Å². The number of hydrogen-bond donors (Lipinski definition) is 0. The first kappa shape index (κ1) is 27.0. The molecule has 46 heavy (non-hydrogen) atoms. The number of fused-ring (bicyclic) bond motifs is 8. The van der Waals surface area contributed by atoms with E-state index in [2.05, 4.69) is 148 Å². The maximum absolute atomic E-state index is 6.68. The lowest BCUT2D eigenvalue weighted by Gasteiger charge is -2.17. The summed E-state index contributed by atoms with van der Waals surface area (Å²) in [6, 6.07) is 45.5. The summed E-state index contributed by atoms with van der Waals surface area (Å²) >= 11 is 1.87. The summed E-state index contributed by atoms with van der Waals surface area (Å²) in [5, 5.41) is 5.87. The lowest BCUT2D eigenvalue weighted by Crippen LogP contribution is -2.16. The summed E-state index contributed by atoms with van der Waals surface area (Å²) in [4.78, 5) is 10.3. The van der Waals surface area contributed by atoms with Crippen LogP contribution < -0.4 is 0 Å². The first-order chi connectivity index (χ1) is 22.4. The molecule has 6 aromatic carbocycles. The standard InChI is InChI=1S/C42H30N2OS/c1-42(2,3)41-43-36(39-37(44-41)34-22-21-25-11-4-5-16-30(25)38(34)45-39)29-15-9-13-27(24-29)26-12-8-14-28(23-26)31-18-10-19-33-32-17-6-7-20-35(32)46-40(31)33/h4-24H,1-3H3. The van der Waals surface area contributed by atoms with Gasteiger partial charge in [-0.3, -0.25) is 0 Å². The summed E-state index contributed by atoms with van der Waals surface area (Å²) in [6.45, 7) is 6.48. The molecule has 3 heterocycles. The van der Waals surface area contributed by atoms with Gasteiger partial charge in [-0.05, 0) is 51.9 Å². The van der Waals surface area contributed by atoms with E-state index >= 15 is 0 Å². The lowest BCUT2D eigenvalue weighted by molar-refractivity contribution is 0.547. The largest absolute Gasteiger partial charge is 0.451 e. The predicted octanol–water partition coefficient (Wildman–Crippen LogP) is 12.2. The molecule has 9 rings (SSSR count). The molecule has 0 fully saturated rings. The zero-order chi connectivity index (χ0) is 31.0. The molecule has 0 saturated heterocycles. The van der Waals surface area contributed by atoms with E-state index in [0.717, 1.165) is 61.1 Å². The zero-order valence-corrected chi connectivity index (χ0v) is 26.7. The molecule has 0 aliphatic heterocycles. The Balaban J connectivity index is 1.21. The SMILES string of the molecule is CC(C)(C)c1nc(-c2cccc(-c3cccc(-c4cccc5c4sc4ccccc45)c3)c2)c2oc3c4ccccc4ccc3c2n1. The molecule has 0 unspecified atom stereocenters. The van der Waals surface area contributed by atoms with Crippen molar-refractivity contribution in [2.45, 2.75) is 26.2 Å². The Bertz CT molecular complexity index is 2640. The van der Waals surface area contributed by atoms with Crippen LogP contribution in [0.15, 0.2) is 132 Å².